The molecule has 5 heterocycles. The molecule has 0 fully saturated rings. The van der Waals surface area contributed by atoms with Crippen LogP contribution in [0.5, 0.6) is 0 Å². The SMILES string of the molecule is CC1(C)c2ccccc2N(c2ccc(-n3c4ccccc4c4cc(-n5c6ccccc6c6ccccc65)ccc43)c(-n3c4ccccc4c4ccccc43)c2)c2cnccc21. The Hall–Kier alpha value is -7.89. The van der Waals surface area contributed by atoms with E-state index in [1.807, 2.05) is 12.4 Å². The topological polar surface area (TPSA) is 30.9 Å². The van der Waals surface area contributed by atoms with E-state index in [-0.39, 0.29) is 5.41 Å². The van der Waals surface area contributed by atoms with Crippen molar-refractivity contribution in [2.45, 2.75) is 19.3 Å². The normalized spacial score (nSPS) is 13.5. The van der Waals surface area contributed by atoms with Gasteiger partial charge in [0.05, 0.1) is 62.0 Å². The minimum Gasteiger partial charge on any atom is -0.309 e. The van der Waals surface area contributed by atoms with Crippen LogP contribution >= 0.6 is 0 Å². The molecule has 12 aromatic rings. The molecular formula is C56H39N5. The summed E-state index contributed by atoms with van der Waals surface area (Å²) in [5.74, 6) is 0. The molecule has 1 aliphatic heterocycles. The van der Waals surface area contributed by atoms with Gasteiger partial charge >= 0.3 is 0 Å². The van der Waals surface area contributed by atoms with Gasteiger partial charge in [0.1, 0.15) is 0 Å². The second-order valence-corrected chi connectivity index (χ2v) is 16.8. The zero-order chi connectivity index (χ0) is 40.4. The fraction of sp³-hybridized carbons (Fsp3) is 0.0536. The molecule has 0 bridgehead atoms. The Kier molecular flexibility index (Phi) is 7.00. The molecule has 0 spiro atoms. The smallest absolute Gasteiger partial charge is 0.0723 e. The lowest BCUT2D eigenvalue weighted by Crippen LogP contribution is -2.30. The van der Waals surface area contributed by atoms with Crippen LogP contribution in [0.15, 0.2) is 200 Å². The Bertz CT molecular complexity index is 3610. The molecule has 0 atom stereocenters. The van der Waals surface area contributed by atoms with Gasteiger partial charge in [-0.3, -0.25) is 4.98 Å². The maximum absolute atomic E-state index is 4.70. The van der Waals surface area contributed by atoms with E-state index in [1.54, 1.807) is 0 Å². The van der Waals surface area contributed by atoms with Gasteiger partial charge in [0.2, 0.25) is 0 Å². The molecule has 8 aromatic carbocycles. The zero-order valence-electron chi connectivity index (χ0n) is 33.8. The van der Waals surface area contributed by atoms with Crippen LogP contribution in [0.2, 0.25) is 0 Å². The molecule has 5 nitrogen and oxygen atoms in total. The number of benzene rings is 8. The number of anilines is 3. The van der Waals surface area contributed by atoms with E-state index in [2.05, 4.69) is 221 Å². The molecular weight excluding hydrogens is 743 g/mol. The minimum atomic E-state index is -0.192. The van der Waals surface area contributed by atoms with Crippen molar-refractivity contribution < 1.29 is 0 Å². The molecule has 0 N–H and O–H groups in total. The van der Waals surface area contributed by atoms with Gasteiger partial charge in [-0.05, 0) is 90.0 Å². The van der Waals surface area contributed by atoms with E-state index >= 15 is 0 Å². The van der Waals surface area contributed by atoms with Crippen molar-refractivity contribution in [3.63, 3.8) is 0 Å². The molecule has 1 aliphatic rings. The molecule has 5 heteroatoms. The van der Waals surface area contributed by atoms with Crippen LogP contribution in [0.25, 0.3) is 82.5 Å². The molecule has 288 valence electrons. The van der Waals surface area contributed by atoms with E-state index < -0.39 is 0 Å². The Balaban J connectivity index is 1.12. The highest BCUT2D eigenvalue weighted by Gasteiger charge is 2.37. The first-order chi connectivity index (χ1) is 30.1. The van der Waals surface area contributed by atoms with Crippen LogP contribution in [0.1, 0.15) is 25.0 Å². The summed E-state index contributed by atoms with van der Waals surface area (Å²) in [7, 11) is 0. The highest BCUT2D eigenvalue weighted by Crippen LogP contribution is 2.52. The number of para-hydroxylation sites is 6. The number of nitrogens with zero attached hydrogens (tertiary/aromatic N) is 5. The summed E-state index contributed by atoms with van der Waals surface area (Å²) in [6.07, 6.45) is 3.96. The molecule has 61 heavy (non-hydrogen) atoms. The highest BCUT2D eigenvalue weighted by molar-refractivity contribution is 6.13. The van der Waals surface area contributed by atoms with E-state index in [9.17, 15) is 0 Å². The standard InChI is InChI=1S/C56H39N5/c1-56(2)44-20-8-14-26-52(44)59(55-35-57-32-31-45(55)56)37-28-30-53(54(34-37)61-48-23-11-5-17-40(48)41-18-6-12-24-49(41)61)60-50-25-13-7-19-42(50)43-33-36(27-29-51(43)60)58-46-21-9-3-15-38(46)39-16-4-10-22-47(39)58/h3-35H,1-2H3. The highest BCUT2D eigenvalue weighted by atomic mass is 15.2. The molecule has 13 rings (SSSR count). The number of rotatable bonds is 4. The summed E-state index contributed by atoms with van der Waals surface area (Å²) < 4.78 is 7.37. The van der Waals surface area contributed by atoms with Crippen LogP contribution in [-0.4, -0.2) is 18.7 Å². The fourth-order valence-electron chi connectivity index (χ4n) is 10.6. The van der Waals surface area contributed by atoms with Crippen LogP contribution < -0.4 is 4.90 Å². The van der Waals surface area contributed by atoms with Gasteiger partial charge in [-0.1, -0.05) is 123 Å². The maximum atomic E-state index is 4.70. The average Bonchev–Trinajstić information content (AvgIpc) is 3.95. The predicted octanol–water partition coefficient (Wildman–Crippen LogP) is 14.5. The van der Waals surface area contributed by atoms with E-state index in [0.29, 0.717) is 0 Å². The number of aromatic nitrogens is 4. The number of hydrogen-bond acceptors (Lipinski definition) is 2. The van der Waals surface area contributed by atoms with Crippen molar-refractivity contribution in [2.24, 2.45) is 0 Å². The average molecular weight is 782 g/mol. The van der Waals surface area contributed by atoms with Crippen LogP contribution in [0, 0.1) is 0 Å². The van der Waals surface area contributed by atoms with Crippen molar-refractivity contribution in [1.82, 2.24) is 18.7 Å². The molecule has 4 aromatic heterocycles. The summed E-state index contributed by atoms with van der Waals surface area (Å²) in [6, 6.07) is 69.0. The first kappa shape index (κ1) is 34.0. The van der Waals surface area contributed by atoms with Crippen LogP contribution in [0.4, 0.5) is 17.1 Å². The Morgan fingerprint density at radius 3 is 1.41 bits per heavy atom. The van der Waals surface area contributed by atoms with Crippen molar-refractivity contribution >= 4 is 82.5 Å². The van der Waals surface area contributed by atoms with Gasteiger partial charge in [0.25, 0.3) is 0 Å². The largest absolute Gasteiger partial charge is 0.309 e. The van der Waals surface area contributed by atoms with E-state index in [1.165, 1.54) is 71.2 Å². The van der Waals surface area contributed by atoms with Gasteiger partial charge < -0.3 is 18.6 Å². The maximum Gasteiger partial charge on any atom is 0.0723 e. The van der Waals surface area contributed by atoms with Crippen molar-refractivity contribution in [3.05, 3.63) is 212 Å². The number of fused-ring (bicyclic) bond motifs is 11. The third kappa shape index (κ3) is 4.69. The second-order valence-electron chi connectivity index (χ2n) is 16.8. The zero-order valence-corrected chi connectivity index (χ0v) is 33.8. The Labute approximate surface area is 352 Å². The summed E-state index contributed by atoms with van der Waals surface area (Å²) in [5.41, 5.74) is 16.1. The Morgan fingerprint density at radius 1 is 0.344 bits per heavy atom. The van der Waals surface area contributed by atoms with Gasteiger partial charge in [-0.15, -0.1) is 0 Å². The monoisotopic (exact) mass is 781 g/mol. The second kappa shape index (κ2) is 12.6. The predicted molar refractivity (Wildman–Crippen MR) is 254 cm³/mol. The fourth-order valence-corrected chi connectivity index (χ4v) is 10.6. The first-order valence-corrected chi connectivity index (χ1v) is 21.1. The lowest BCUT2D eigenvalue weighted by Gasteiger charge is -2.41. The number of hydrogen-bond donors (Lipinski definition) is 0. The summed E-state index contributed by atoms with van der Waals surface area (Å²) in [5, 5.41) is 7.40. The number of pyridine rings is 1. The third-order valence-corrected chi connectivity index (χ3v) is 13.3. The first-order valence-electron chi connectivity index (χ1n) is 21.1. The van der Waals surface area contributed by atoms with Crippen LogP contribution in [0.3, 0.4) is 0 Å². The van der Waals surface area contributed by atoms with Gasteiger partial charge in [0, 0.05) is 55.3 Å². The molecule has 0 amide bonds. The van der Waals surface area contributed by atoms with Gasteiger partial charge in [0.15, 0.2) is 0 Å². The van der Waals surface area contributed by atoms with Gasteiger partial charge in [-0.2, -0.15) is 0 Å². The lowest BCUT2D eigenvalue weighted by molar-refractivity contribution is 0.630. The summed E-state index contributed by atoms with van der Waals surface area (Å²) in [4.78, 5) is 7.11. The van der Waals surface area contributed by atoms with Crippen molar-refractivity contribution in [3.8, 4) is 17.1 Å². The molecule has 0 saturated carbocycles. The minimum absolute atomic E-state index is 0.192. The van der Waals surface area contributed by atoms with E-state index in [0.717, 1.165) is 39.5 Å². The van der Waals surface area contributed by atoms with Crippen molar-refractivity contribution in [1.29, 1.82) is 0 Å². The molecule has 0 radical (unpaired) electrons. The molecule has 0 unspecified atom stereocenters. The summed E-state index contributed by atoms with van der Waals surface area (Å²) >= 11 is 0. The Morgan fingerprint density at radius 2 is 0.803 bits per heavy atom. The lowest BCUT2D eigenvalue weighted by atomic mass is 9.74. The molecule has 0 saturated heterocycles. The van der Waals surface area contributed by atoms with E-state index in [4.69, 9.17) is 4.98 Å². The molecule has 0 aliphatic carbocycles. The summed E-state index contributed by atoms with van der Waals surface area (Å²) in [6.45, 7) is 4.65. The quantitative estimate of drug-likeness (QED) is 0.178. The van der Waals surface area contributed by atoms with Gasteiger partial charge in [-0.25, -0.2) is 0 Å². The van der Waals surface area contributed by atoms with Crippen LogP contribution in [-0.2, 0) is 5.41 Å². The van der Waals surface area contributed by atoms with Crippen molar-refractivity contribution in [2.75, 3.05) is 4.90 Å². The third-order valence-electron chi connectivity index (χ3n) is 13.3.